The second kappa shape index (κ2) is 7.44. The van der Waals surface area contributed by atoms with Crippen molar-refractivity contribution in [1.29, 1.82) is 0 Å². The number of piperidine rings is 1. The molecule has 0 bridgehead atoms. The standard InChI is InChI=1S/C20H20F2N4O/c21-17-3-1-14(11-18(17)22)12-25-8-5-16(6-9-25)24-20(27)15-2-4-19-23-7-10-26(19)13-15/h1-4,7,10-11,13,16H,5-6,8-9,12H2,(H,24,27). The van der Waals surface area contributed by atoms with Crippen LogP contribution in [0.3, 0.4) is 0 Å². The zero-order chi connectivity index (χ0) is 18.8. The Morgan fingerprint density at radius 3 is 2.74 bits per heavy atom. The summed E-state index contributed by atoms with van der Waals surface area (Å²) in [7, 11) is 0. The number of imidazole rings is 1. The lowest BCUT2D eigenvalue weighted by molar-refractivity contribution is 0.0908. The summed E-state index contributed by atoms with van der Waals surface area (Å²) in [4.78, 5) is 18.8. The summed E-state index contributed by atoms with van der Waals surface area (Å²) in [6, 6.07) is 7.72. The molecule has 0 unspecified atom stereocenters. The highest BCUT2D eigenvalue weighted by Gasteiger charge is 2.21. The Morgan fingerprint density at radius 2 is 1.96 bits per heavy atom. The van der Waals surface area contributed by atoms with Crippen molar-refractivity contribution in [2.45, 2.75) is 25.4 Å². The third-order valence-electron chi connectivity index (χ3n) is 4.96. The molecule has 4 rings (SSSR count). The minimum absolute atomic E-state index is 0.0929. The summed E-state index contributed by atoms with van der Waals surface area (Å²) >= 11 is 0. The van der Waals surface area contributed by atoms with Gasteiger partial charge in [-0.05, 0) is 42.7 Å². The van der Waals surface area contributed by atoms with Gasteiger partial charge in [-0.2, -0.15) is 0 Å². The number of nitrogens with zero attached hydrogens (tertiary/aromatic N) is 3. The molecule has 1 aliphatic rings. The number of amides is 1. The average molecular weight is 370 g/mol. The molecule has 0 radical (unpaired) electrons. The zero-order valence-corrected chi connectivity index (χ0v) is 14.7. The van der Waals surface area contributed by atoms with Crippen LogP contribution < -0.4 is 5.32 Å². The van der Waals surface area contributed by atoms with Gasteiger partial charge in [0.15, 0.2) is 11.6 Å². The maximum atomic E-state index is 13.3. The number of hydrogen-bond acceptors (Lipinski definition) is 3. The summed E-state index contributed by atoms with van der Waals surface area (Å²) < 4.78 is 28.2. The Hall–Kier alpha value is -2.80. The average Bonchev–Trinajstić information content (AvgIpc) is 3.14. The van der Waals surface area contributed by atoms with Crippen LogP contribution in [0.2, 0.25) is 0 Å². The highest BCUT2D eigenvalue weighted by molar-refractivity contribution is 5.94. The number of nitrogens with one attached hydrogen (secondary N) is 1. The fraction of sp³-hybridized carbons (Fsp3) is 0.300. The van der Waals surface area contributed by atoms with Crippen LogP contribution in [0.15, 0.2) is 48.9 Å². The summed E-state index contributed by atoms with van der Waals surface area (Å²) in [6.45, 7) is 2.17. The molecule has 2 aromatic heterocycles. The summed E-state index contributed by atoms with van der Waals surface area (Å²) in [6.07, 6.45) is 6.92. The minimum Gasteiger partial charge on any atom is -0.349 e. The van der Waals surface area contributed by atoms with E-state index in [4.69, 9.17) is 0 Å². The molecular weight excluding hydrogens is 350 g/mol. The molecule has 7 heteroatoms. The van der Waals surface area contributed by atoms with Gasteiger partial charge in [0.1, 0.15) is 5.65 Å². The van der Waals surface area contributed by atoms with E-state index in [-0.39, 0.29) is 11.9 Å². The highest BCUT2D eigenvalue weighted by Crippen LogP contribution is 2.16. The lowest BCUT2D eigenvalue weighted by Gasteiger charge is -2.32. The maximum absolute atomic E-state index is 13.3. The van der Waals surface area contributed by atoms with E-state index in [1.54, 1.807) is 24.5 Å². The molecule has 0 aliphatic carbocycles. The van der Waals surface area contributed by atoms with Gasteiger partial charge in [0.2, 0.25) is 0 Å². The van der Waals surface area contributed by atoms with E-state index in [1.807, 2.05) is 16.7 Å². The normalized spacial score (nSPS) is 15.9. The van der Waals surface area contributed by atoms with Crippen molar-refractivity contribution in [2.24, 2.45) is 0 Å². The third kappa shape index (κ3) is 3.98. The predicted molar refractivity (Wildman–Crippen MR) is 97.3 cm³/mol. The quantitative estimate of drug-likeness (QED) is 0.768. The Balaban J connectivity index is 1.31. The van der Waals surface area contributed by atoms with Crippen LogP contribution in [0.4, 0.5) is 8.78 Å². The first-order valence-corrected chi connectivity index (χ1v) is 8.98. The lowest BCUT2D eigenvalue weighted by atomic mass is 10.0. The second-order valence-electron chi connectivity index (χ2n) is 6.88. The first-order valence-electron chi connectivity index (χ1n) is 8.98. The van der Waals surface area contributed by atoms with Crippen molar-refractivity contribution in [3.05, 3.63) is 71.7 Å². The molecule has 0 saturated carbocycles. The number of fused-ring (bicyclic) bond motifs is 1. The molecule has 140 valence electrons. The van der Waals surface area contributed by atoms with E-state index in [2.05, 4.69) is 15.2 Å². The molecule has 0 atom stereocenters. The number of carbonyl (C=O) groups excluding carboxylic acids is 1. The van der Waals surface area contributed by atoms with Gasteiger partial charge < -0.3 is 9.72 Å². The third-order valence-corrected chi connectivity index (χ3v) is 4.96. The number of benzene rings is 1. The van der Waals surface area contributed by atoms with Gasteiger partial charge in [-0.25, -0.2) is 13.8 Å². The Bertz CT molecular complexity index is 964. The van der Waals surface area contributed by atoms with Crippen LogP contribution in [0, 0.1) is 11.6 Å². The largest absolute Gasteiger partial charge is 0.349 e. The van der Waals surface area contributed by atoms with E-state index in [0.717, 1.165) is 43.2 Å². The minimum atomic E-state index is -0.825. The summed E-state index contributed by atoms with van der Waals surface area (Å²) in [5, 5.41) is 3.08. The fourth-order valence-corrected chi connectivity index (χ4v) is 3.45. The van der Waals surface area contributed by atoms with Crippen molar-refractivity contribution < 1.29 is 13.6 Å². The van der Waals surface area contributed by atoms with Gasteiger partial charge in [-0.3, -0.25) is 9.69 Å². The molecule has 1 aliphatic heterocycles. The molecule has 3 aromatic rings. The first-order chi connectivity index (χ1) is 13.1. The van der Waals surface area contributed by atoms with Crippen molar-refractivity contribution in [2.75, 3.05) is 13.1 Å². The molecule has 5 nitrogen and oxygen atoms in total. The number of aromatic nitrogens is 2. The molecule has 27 heavy (non-hydrogen) atoms. The van der Waals surface area contributed by atoms with Gasteiger partial charge in [0, 0.05) is 44.3 Å². The molecule has 1 N–H and O–H groups in total. The molecule has 1 saturated heterocycles. The lowest BCUT2D eigenvalue weighted by Crippen LogP contribution is -2.44. The van der Waals surface area contributed by atoms with Crippen LogP contribution in [0.5, 0.6) is 0 Å². The molecule has 1 amide bonds. The molecule has 1 aromatic carbocycles. The summed E-state index contributed by atoms with van der Waals surface area (Å²) in [5.41, 5.74) is 2.16. The second-order valence-corrected chi connectivity index (χ2v) is 6.88. The van der Waals surface area contributed by atoms with Crippen molar-refractivity contribution >= 4 is 11.6 Å². The summed E-state index contributed by atoms with van der Waals surface area (Å²) in [5.74, 6) is -1.73. The number of carbonyl (C=O) groups is 1. The molecule has 3 heterocycles. The SMILES string of the molecule is O=C(NC1CCN(Cc2ccc(F)c(F)c2)CC1)c1ccc2nccn2c1. The van der Waals surface area contributed by atoms with E-state index in [0.29, 0.717) is 12.1 Å². The van der Waals surface area contributed by atoms with Crippen LogP contribution in [0.1, 0.15) is 28.8 Å². The Labute approximate surface area is 155 Å². The van der Waals surface area contributed by atoms with Gasteiger partial charge in [-0.15, -0.1) is 0 Å². The zero-order valence-electron chi connectivity index (χ0n) is 14.7. The van der Waals surface area contributed by atoms with Crippen LogP contribution in [-0.2, 0) is 6.54 Å². The van der Waals surface area contributed by atoms with E-state index in [1.165, 1.54) is 6.07 Å². The van der Waals surface area contributed by atoms with E-state index < -0.39 is 11.6 Å². The van der Waals surface area contributed by atoms with Crippen molar-refractivity contribution in [3.8, 4) is 0 Å². The van der Waals surface area contributed by atoms with Crippen LogP contribution in [-0.4, -0.2) is 39.3 Å². The Morgan fingerprint density at radius 1 is 1.15 bits per heavy atom. The number of likely N-dealkylation sites (tertiary alicyclic amines) is 1. The van der Waals surface area contributed by atoms with Crippen molar-refractivity contribution in [3.63, 3.8) is 0 Å². The highest BCUT2D eigenvalue weighted by atomic mass is 19.2. The number of halogens is 2. The number of hydrogen-bond donors (Lipinski definition) is 1. The smallest absolute Gasteiger partial charge is 0.252 e. The van der Waals surface area contributed by atoms with Gasteiger partial charge in [-0.1, -0.05) is 6.07 Å². The van der Waals surface area contributed by atoms with Crippen molar-refractivity contribution in [1.82, 2.24) is 19.6 Å². The van der Waals surface area contributed by atoms with E-state index >= 15 is 0 Å². The molecule has 0 spiro atoms. The molecule has 1 fully saturated rings. The maximum Gasteiger partial charge on any atom is 0.252 e. The number of pyridine rings is 1. The molecular formula is C20H20F2N4O. The van der Waals surface area contributed by atoms with Gasteiger partial charge in [0.05, 0.1) is 5.56 Å². The predicted octanol–water partition coefficient (Wildman–Crippen LogP) is 3.01. The number of rotatable bonds is 4. The topological polar surface area (TPSA) is 49.6 Å². The van der Waals surface area contributed by atoms with Gasteiger partial charge in [0.25, 0.3) is 5.91 Å². The van der Waals surface area contributed by atoms with Crippen LogP contribution in [0.25, 0.3) is 5.65 Å². The Kier molecular flexibility index (Phi) is 4.85. The first kappa shape index (κ1) is 17.6. The van der Waals surface area contributed by atoms with Crippen LogP contribution >= 0.6 is 0 Å². The monoisotopic (exact) mass is 370 g/mol. The van der Waals surface area contributed by atoms with E-state index in [9.17, 15) is 13.6 Å². The fourth-order valence-electron chi connectivity index (χ4n) is 3.45. The van der Waals surface area contributed by atoms with Gasteiger partial charge >= 0.3 is 0 Å².